The summed E-state index contributed by atoms with van der Waals surface area (Å²) in [6, 6.07) is 79.2. The predicted octanol–water partition coefficient (Wildman–Crippen LogP) is 34.7. The Morgan fingerprint density at radius 1 is 0.185 bits per heavy atom. The molecule has 0 nitrogen and oxygen atoms in total. The molecule has 0 heterocycles. The molecule has 0 aliphatic heterocycles. The smallest absolute Gasteiger partial charge is 0.0202 e. The van der Waals surface area contributed by atoms with Crippen LogP contribution in [0.3, 0.4) is 0 Å². The van der Waals surface area contributed by atoms with Gasteiger partial charge in [0.15, 0.2) is 0 Å². The molecule has 0 heteroatoms. The van der Waals surface area contributed by atoms with Gasteiger partial charge in [-0.3, -0.25) is 0 Å². The van der Waals surface area contributed by atoms with Crippen LogP contribution in [0.5, 0.6) is 0 Å². The first-order valence-electron chi connectivity index (χ1n) is 45.8. The van der Waals surface area contributed by atoms with Gasteiger partial charge in [0.25, 0.3) is 0 Å². The van der Waals surface area contributed by atoms with Crippen LogP contribution in [0, 0.1) is 13.8 Å². The van der Waals surface area contributed by atoms with Crippen molar-refractivity contribution in [1.29, 1.82) is 0 Å². The Balaban J connectivity index is 0.000000684. The summed E-state index contributed by atoms with van der Waals surface area (Å²) in [4.78, 5) is 0. The second-order valence-corrected chi connectivity index (χ2v) is 28.9. The number of hydrogen-bond acceptors (Lipinski definition) is 0. The average molecular weight is 1470 g/mol. The van der Waals surface area contributed by atoms with Gasteiger partial charge in [-0.15, -0.1) is 0 Å². The third-order valence-corrected chi connectivity index (χ3v) is 22.4. The highest BCUT2D eigenvalue weighted by atomic mass is 14.4. The van der Waals surface area contributed by atoms with Crippen molar-refractivity contribution in [2.45, 2.75) is 392 Å². The van der Waals surface area contributed by atoms with E-state index in [0.717, 1.165) is 0 Å². The highest BCUT2D eigenvalue weighted by molar-refractivity contribution is 5.46. The minimum absolute atomic E-state index is 0.236. The summed E-state index contributed by atoms with van der Waals surface area (Å²) in [5.41, 5.74) is 21.9. The Labute approximate surface area is 672 Å². The van der Waals surface area contributed by atoms with Crippen molar-refractivity contribution in [3.05, 3.63) is 284 Å². The molecule has 0 aromatic heterocycles. The van der Waals surface area contributed by atoms with E-state index in [1.54, 1.807) is 11.1 Å². The largest absolute Gasteiger partial charge is 0.0683 e. The predicted molar refractivity (Wildman–Crippen MR) is 491 cm³/mol. The SMILES string of the molecule is CC.CC.CC.CC.CC.CC.CC.CC.CCCCCCc1ccc(C2(c3ccc(CCCCCC)cc3)CCCCC2)cc1.CCCc1ccc(C2(c3ccc(CCC)cc3)CCCCC2)cc1.Cc1ccc(C2(c3ccc(C)cc3)CCCCC2)cc1.c1ccc(C2(c3ccccc3)CCCCC2)cc1. The van der Waals surface area contributed by atoms with Crippen LogP contribution in [-0.4, -0.2) is 0 Å². The first-order chi connectivity index (χ1) is 53.2. The lowest BCUT2D eigenvalue weighted by Gasteiger charge is -2.39. The zero-order valence-electron chi connectivity index (χ0n) is 74.7. The summed E-state index contributed by atoms with van der Waals surface area (Å²) in [6.45, 7) is 45.4. The topological polar surface area (TPSA) is 0 Å². The van der Waals surface area contributed by atoms with Crippen molar-refractivity contribution in [2.75, 3.05) is 0 Å². The molecule has 4 fully saturated rings. The first kappa shape index (κ1) is 99.8. The molecule has 0 radical (unpaired) electrons. The number of unbranched alkanes of at least 4 members (excludes halogenated alkanes) is 6. The van der Waals surface area contributed by atoms with Gasteiger partial charge in [0.05, 0.1) is 0 Å². The molecule has 0 N–H and O–H groups in total. The fraction of sp³-hybridized carbons (Fsp3) is 0.556. The van der Waals surface area contributed by atoms with Crippen LogP contribution in [0.25, 0.3) is 0 Å². The molecule has 0 unspecified atom stereocenters. The quantitative estimate of drug-likeness (QED) is 0.0593. The van der Waals surface area contributed by atoms with Crippen molar-refractivity contribution in [2.24, 2.45) is 0 Å². The van der Waals surface area contributed by atoms with Crippen LogP contribution < -0.4 is 0 Å². The van der Waals surface area contributed by atoms with Crippen LogP contribution in [0.15, 0.2) is 206 Å². The van der Waals surface area contributed by atoms with Crippen molar-refractivity contribution >= 4 is 0 Å². The molecule has 0 spiro atoms. The molecule has 0 bridgehead atoms. The van der Waals surface area contributed by atoms with E-state index in [4.69, 9.17) is 0 Å². The summed E-state index contributed by atoms with van der Waals surface area (Å²) < 4.78 is 0. The molecule has 12 rings (SSSR count). The molecular formula is C108H168. The van der Waals surface area contributed by atoms with E-state index >= 15 is 0 Å². The van der Waals surface area contributed by atoms with Crippen molar-refractivity contribution in [3.8, 4) is 0 Å². The lowest BCUT2D eigenvalue weighted by atomic mass is 9.65. The van der Waals surface area contributed by atoms with Gasteiger partial charge in [0.1, 0.15) is 0 Å². The fourth-order valence-electron chi connectivity index (χ4n) is 16.9. The molecule has 4 aliphatic carbocycles. The summed E-state index contributed by atoms with van der Waals surface area (Å²) in [6.07, 6.45) is 44.9. The maximum Gasteiger partial charge on any atom is 0.0202 e. The molecule has 600 valence electrons. The van der Waals surface area contributed by atoms with Crippen LogP contribution in [0.2, 0.25) is 0 Å². The van der Waals surface area contributed by atoms with Crippen LogP contribution >= 0.6 is 0 Å². The fourth-order valence-corrected chi connectivity index (χ4v) is 16.9. The van der Waals surface area contributed by atoms with Gasteiger partial charge in [-0.2, -0.15) is 0 Å². The number of benzene rings is 8. The molecule has 108 heavy (non-hydrogen) atoms. The van der Waals surface area contributed by atoms with Gasteiger partial charge < -0.3 is 0 Å². The Morgan fingerprint density at radius 3 is 0.565 bits per heavy atom. The number of aryl methyl sites for hydroxylation is 6. The third-order valence-electron chi connectivity index (χ3n) is 22.4. The van der Waals surface area contributed by atoms with Crippen LogP contribution in [-0.2, 0) is 47.3 Å². The van der Waals surface area contributed by atoms with Gasteiger partial charge >= 0.3 is 0 Å². The van der Waals surface area contributed by atoms with E-state index in [2.05, 4.69) is 248 Å². The van der Waals surface area contributed by atoms with Crippen molar-refractivity contribution in [3.63, 3.8) is 0 Å². The number of rotatable bonds is 22. The van der Waals surface area contributed by atoms with Crippen molar-refractivity contribution in [1.82, 2.24) is 0 Å². The van der Waals surface area contributed by atoms with E-state index in [-0.39, 0.29) is 21.7 Å². The Hall–Kier alpha value is -6.24. The Bertz CT molecular complexity index is 3050. The highest BCUT2D eigenvalue weighted by Gasteiger charge is 2.39. The summed E-state index contributed by atoms with van der Waals surface area (Å²) in [7, 11) is 0. The molecule has 4 aliphatic rings. The minimum Gasteiger partial charge on any atom is -0.0683 e. The normalized spacial score (nSPS) is 15.0. The van der Waals surface area contributed by atoms with Gasteiger partial charge in [-0.05, 0) is 171 Å². The summed E-state index contributed by atoms with van der Waals surface area (Å²) in [5.74, 6) is 0. The Kier molecular flexibility index (Phi) is 56.8. The van der Waals surface area contributed by atoms with Crippen LogP contribution in [0.4, 0.5) is 0 Å². The maximum absolute atomic E-state index is 2.46. The lowest BCUT2D eigenvalue weighted by Crippen LogP contribution is -2.30. The Morgan fingerprint density at radius 2 is 0.370 bits per heavy atom. The second-order valence-electron chi connectivity index (χ2n) is 28.9. The molecule has 0 amide bonds. The van der Waals surface area contributed by atoms with Gasteiger partial charge in [-0.25, -0.2) is 0 Å². The van der Waals surface area contributed by atoms with Crippen LogP contribution in [0.1, 0.15) is 409 Å². The molecule has 8 aromatic rings. The van der Waals surface area contributed by atoms with Gasteiger partial charge in [0.2, 0.25) is 0 Å². The minimum atomic E-state index is 0.236. The molecule has 4 saturated carbocycles. The zero-order valence-corrected chi connectivity index (χ0v) is 74.7. The number of hydrogen-bond donors (Lipinski definition) is 0. The lowest BCUT2D eigenvalue weighted by molar-refractivity contribution is 0.346. The van der Waals surface area contributed by atoms with E-state index < -0.39 is 0 Å². The molecule has 8 aromatic carbocycles. The van der Waals surface area contributed by atoms with E-state index in [0.29, 0.717) is 0 Å². The highest BCUT2D eigenvalue weighted by Crippen LogP contribution is 2.49. The average Bonchev–Trinajstić information content (AvgIpc) is 0.779. The monoisotopic (exact) mass is 1470 g/mol. The van der Waals surface area contributed by atoms with E-state index in [1.165, 1.54) is 285 Å². The standard InChI is InChI=1S/C30H44.C24H32.C20H24.C18H20.8C2H6/c1-3-5-7-10-14-26-16-20-28(21-17-26)30(24-12-9-13-25-30)29-22-18-27(19-23-29)15-11-8-6-4-2;1-3-8-20-10-14-22(15-11-20)24(18-6-5-7-19-24)23-16-12-21(9-4-2)13-17-23;1-16-6-10-18(11-7-16)20(14-4-3-5-15-20)19-12-8-17(2)9-13-19;1-4-10-16(11-5-1)18(14-8-3-9-15-18)17-12-6-2-7-13-17;8*1-2/h16-23H,3-15,24-25H2,1-2H3;10-17H,3-9,18-19H2,1-2H3;6-13H,3-5,14-15H2,1-2H3;1-2,4-7,10-13H,3,8-9,14-15H2;8*1-2H3. The molecule has 0 saturated heterocycles. The third kappa shape index (κ3) is 31.5. The zero-order chi connectivity index (χ0) is 80.2. The van der Waals surface area contributed by atoms with Gasteiger partial charge in [0, 0.05) is 21.7 Å². The molecule has 0 atom stereocenters. The maximum atomic E-state index is 2.46. The van der Waals surface area contributed by atoms with Gasteiger partial charge in [-0.1, -0.05) is 484 Å². The van der Waals surface area contributed by atoms with Crippen molar-refractivity contribution < 1.29 is 0 Å². The second kappa shape index (κ2) is 61.4. The summed E-state index contributed by atoms with van der Waals surface area (Å²) in [5, 5.41) is 0. The first-order valence-corrected chi connectivity index (χ1v) is 45.8. The molecular weight excluding hydrogens is 1300 g/mol. The summed E-state index contributed by atoms with van der Waals surface area (Å²) >= 11 is 0. The van der Waals surface area contributed by atoms with E-state index in [9.17, 15) is 0 Å². The van der Waals surface area contributed by atoms with E-state index in [1.807, 2.05) is 111 Å².